The molecule has 33 heteroatoms. The molecule has 16 aromatic heterocycles. The maximum absolute atomic E-state index is 13.5. The molecule has 4 aromatic carbocycles. The minimum absolute atomic E-state index is 0.114. The van der Waals surface area contributed by atoms with Crippen LogP contribution in [-0.2, 0) is 62.8 Å². The van der Waals surface area contributed by atoms with Crippen LogP contribution in [0, 0.1) is 6.92 Å². The van der Waals surface area contributed by atoms with E-state index in [0.717, 1.165) is 156 Å². The molecule has 0 saturated carbocycles. The average molecular weight is 1590 g/mol. The molecule has 33 nitrogen and oxygen atoms in total. The number of hydrogen-bond donors (Lipinski definition) is 0. The Hall–Kier alpha value is -15.8. The predicted octanol–water partition coefficient (Wildman–Crippen LogP) is 11.0. The van der Waals surface area contributed by atoms with E-state index in [0.29, 0.717) is 40.0 Å². The molecule has 0 atom stereocenters. The summed E-state index contributed by atoms with van der Waals surface area (Å²) in [5.41, 5.74) is 19.8. The summed E-state index contributed by atoms with van der Waals surface area (Å²) in [7, 11) is 21.0. The summed E-state index contributed by atoms with van der Waals surface area (Å²) in [5, 5.41) is 20.5. The van der Waals surface area contributed by atoms with Gasteiger partial charge in [0.25, 0.3) is 0 Å². The van der Waals surface area contributed by atoms with Gasteiger partial charge in [-0.05, 0) is 73.0 Å². The molecule has 20 aromatic rings. The van der Waals surface area contributed by atoms with Crippen LogP contribution in [0.2, 0.25) is 0 Å². The molecule has 594 valence electrons. The van der Waals surface area contributed by atoms with Crippen molar-refractivity contribution in [2.75, 3.05) is 28.4 Å². The molecule has 119 heavy (non-hydrogen) atoms. The van der Waals surface area contributed by atoms with Gasteiger partial charge in [-0.2, -0.15) is 20.4 Å². The third-order valence-corrected chi connectivity index (χ3v) is 21.3. The summed E-state index contributed by atoms with van der Waals surface area (Å²) in [6.45, 7) is 4.06. The van der Waals surface area contributed by atoms with E-state index >= 15 is 0 Å². The maximum atomic E-state index is 13.5. The van der Waals surface area contributed by atoms with Crippen molar-refractivity contribution in [3.63, 3.8) is 0 Å². The molecule has 0 N–H and O–H groups in total. The monoisotopic (exact) mass is 1590 g/mol. The number of imidazole rings is 4. The first-order chi connectivity index (χ1) is 57.7. The number of fused-ring (bicyclic) bond motifs is 12. The van der Waals surface area contributed by atoms with E-state index in [2.05, 4.69) is 72.2 Å². The van der Waals surface area contributed by atoms with Crippen LogP contribution < -0.4 is 41.7 Å². The Morgan fingerprint density at radius 2 is 0.697 bits per heavy atom. The van der Waals surface area contributed by atoms with Crippen molar-refractivity contribution in [1.82, 2.24) is 121 Å². The quantitative estimate of drug-likeness (QED) is 0.103. The number of aromatic nitrogens is 25. The van der Waals surface area contributed by atoms with Crippen molar-refractivity contribution in [2.24, 2.45) is 56.4 Å². The van der Waals surface area contributed by atoms with Crippen LogP contribution in [0.15, 0.2) is 222 Å². The molecule has 0 saturated heterocycles. The summed E-state index contributed by atoms with van der Waals surface area (Å²) >= 11 is 0. The van der Waals surface area contributed by atoms with Gasteiger partial charge in [-0.25, -0.2) is 38.7 Å². The number of hydrogen-bond acceptors (Lipinski definition) is 21. The zero-order valence-corrected chi connectivity index (χ0v) is 67.2. The van der Waals surface area contributed by atoms with Gasteiger partial charge in [-0.3, -0.25) is 80.6 Å². The van der Waals surface area contributed by atoms with Gasteiger partial charge >= 0.3 is 22.8 Å². The van der Waals surface area contributed by atoms with Crippen molar-refractivity contribution in [3.8, 4) is 90.4 Å². The molecule has 0 radical (unpaired) electrons. The lowest BCUT2D eigenvalue weighted by Gasteiger charge is -2.14. The molecular weight excluding hydrogens is 1510 g/mol. The summed E-state index contributed by atoms with van der Waals surface area (Å²) in [6.07, 6.45) is 35.8. The largest absolute Gasteiger partial charge is 0.496 e. The lowest BCUT2D eigenvalue weighted by Crippen LogP contribution is -2.22. The van der Waals surface area contributed by atoms with Gasteiger partial charge in [0.1, 0.15) is 35.1 Å². The summed E-state index contributed by atoms with van der Waals surface area (Å²) in [5.74, 6) is 3.35. The number of methoxy groups -OCH3 is 4. The highest BCUT2D eigenvalue weighted by atomic mass is 16.5. The van der Waals surface area contributed by atoms with Crippen LogP contribution in [0.1, 0.15) is 18.1 Å². The van der Waals surface area contributed by atoms with Crippen molar-refractivity contribution in [2.45, 2.75) is 20.3 Å². The second-order valence-corrected chi connectivity index (χ2v) is 28.4. The summed E-state index contributed by atoms with van der Waals surface area (Å²) < 4.78 is 42.6. The van der Waals surface area contributed by atoms with Crippen LogP contribution in [0.25, 0.3) is 155 Å². The smallest absolute Gasteiger partial charge is 0.334 e. The molecule has 20 rings (SSSR count). The van der Waals surface area contributed by atoms with E-state index in [-0.39, 0.29) is 22.8 Å². The highest BCUT2D eigenvalue weighted by Crippen LogP contribution is 2.42. The van der Waals surface area contributed by atoms with Crippen molar-refractivity contribution < 1.29 is 18.9 Å². The van der Waals surface area contributed by atoms with E-state index in [9.17, 15) is 19.2 Å². The Morgan fingerprint density at radius 3 is 1.04 bits per heavy atom. The molecular formula is C86H77N25O8. The minimum atomic E-state index is -0.192. The lowest BCUT2D eigenvalue weighted by atomic mass is 10.0. The van der Waals surface area contributed by atoms with Crippen molar-refractivity contribution in [1.29, 1.82) is 0 Å². The first kappa shape index (κ1) is 75.8. The molecule has 0 unspecified atom stereocenters. The Morgan fingerprint density at radius 1 is 0.345 bits per heavy atom. The normalized spacial score (nSPS) is 11.4. The topological polar surface area (TPSA) is 332 Å². The van der Waals surface area contributed by atoms with E-state index in [1.54, 1.807) is 199 Å². The number of aryl methyl sites for hydroxylation is 10. The van der Waals surface area contributed by atoms with E-state index in [1.165, 1.54) is 6.33 Å². The highest BCUT2D eigenvalue weighted by molar-refractivity contribution is 6.09. The van der Waals surface area contributed by atoms with E-state index in [4.69, 9.17) is 18.9 Å². The fourth-order valence-electron chi connectivity index (χ4n) is 15.4. The standard InChI is InChI=1S/C24H24N6O2.2C21H18N6O2.C20H17N7O2/c1-6-15-10-25-9-14(2)22(15)30-23-18-7-17(16-11-27-28(3)13-16)21(32-5)8-19(18)26-12-20(23)29(4)24(30)31;1-25-12-13(10-24-25)15-8-16-17(9-19(15)29-3)23-11-18-20(16)27(21(28)26(18)2)14-4-6-22-7-5-14;1-25-12-13(10-24-25)14-8-15-16(9-18(14)29-3)23-11-17-20(15)27(21(28)26(17)2)19-6-4-5-7-22-19;1-25-10-12(6-24-25)14-4-15-16(5-18(14)29-3)23-9-17-19(15)27(20(28)26(17)2)13-7-21-11-22-8-13/h7-13H,6H2,1-5H3;2*4-12H,1-3H3;4-11H,1-3H3. The Balaban J connectivity index is 0.000000114. The van der Waals surface area contributed by atoms with E-state index < -0.39 is 0 Å². The molecule has 0 amide bonds. The van der Waals surface area contributed by atoms with Crippen LogP contribution in [0.3, 0.4) is 0 Å². The first-order valence-corrected chi connectivity index (χ1v) is 37.5. The fourth-order valence-corrected chi connectivity index (χ4v) is 15.4. The Bertz CT molecular complexity index is 7120. The van der Waals surface area contributed by atoms with Crippen LogP contribution in [0.5, 0.6) is 23.0 Å². The average Bonchev–Trinajstić information content (AvgIpc) is 1.59. The summed E-state index contributed by atoms with van der Waals surface area (Å²) in [6, 6.07) is 24.7. The van der Waals surface area contributed by atoms with Crippen LogP contribution >= 0.6 is 0 Å². The molecule has 0 spiro atoms. The minimum Gasteiger partial charge on any atom is -0.496 e. The van der Waals surface area contributed by atoms with Crippen molar-refractivity contribution in [3.05, 3.63) is 256 Å². The molecule has 16 heterocycles. The second kappa shape index (κ2) is 30.5. The number of nitrogens with zero attached hydrogens (tertiary/aromatic N) is 25. The predicted molar refractivity (Wildman–Crippen MR) is 453 cm³/mol. The molecule has 0 aliphatic rings. The fraction of sp³-hybridized carbons (Fsp3) is 0.174. The molecule has 0 aliphatic heterocycles. The van der Waals surface area contributed by atoms with Gasteiger partial charge in [-0.1, -0.05) is 13.0 Å². The Labute approximate surface area is 675 Å². The van der Waals surface area contributed by atoms with E-state index in [1.807, 2.05) is 145 Å². The van der Waals surface area contributed by atoms with Crippen LogP contribution in [0.4, 0.5) is 0 Å². The number of ether oxygens (including phenoxy) is 4. The third-order valence-electron chi connectivity index (χ3n) is 21.3. The molecule has 0 bridgehead atoms. The van der Waals surface area contributed by atoms with Gasteiger partial charge in [0.2, 0.25) is 0 Å². The number of benzene rings is 4. The maximum Gasteiger partial charge on any atom is 0.334 e. The van der Waals surface area contributed by atoms with Gasteiger partial charge in [0.05, 0.1) is 174 Å². The first-order valence-electron chi connectivity index (χ1n) is 37.5. The van der Waals surface area contributed by atoms with Crippen LogP contribution in [-0.4, -0.2) is 149 Å². The van der Waals surface area contributed by atoms with Gasteiger partial charge in [0.15, 0.2) is 0 Å². The highest BCUT2D eigenvalue weighted by Gasteiger charge is 2.26. The van der Waals surface area contributed by atoms with Gasteiger partial charge < -0.3 is 18.9 Å². The lowest BCUT2D eigenvalue weighted by molar-refractivity contribution is 0.417. The SMILES string of the molecule is CCc1cncc(C)c1-n1c(=O)n(C)c2cnc3cc(OC)c(-c4cnn(C)c4)cc3c21.COc1cc2ncc3c(c2cc1-c1cnn(C)c1)n(-c1ccccn1)c(=O)n3C.COc1cc2ncc3c(c2cc1-c1cnn(C)c1)n(-c1ccncc1)c(=O)n3C.COc1cc2ncc3c(c2cc1-c1cnn(C)c1)n(-c1cncnc1)c(=O)n3C. The molecule has 0 fully saturated rings. The second-order valence-electron chi connectivity index (χ2n) is 28.4. The van der Waals surface area contributed by atoms with Gasteiger partial charge in [-0.15, -0.1) is 0 Å². The zero-order chi connectivity index (χ0) is 82.9. The molecule has 0 aliphatic carbocycles. The third kappa shape index (κ3) is 13.1. The Kier molecular flexibility index (Phi) is 19.4. The zero-order valence-electron chi connectivity index (χ0n) is 67.2. The summed E-state index contributed by atoms with van der Waals surface area (Å²) in [4.78, 5) is 91.9. The number of pyridine rings is 7. The number of rotatable bonds is 13. The van der Waals surface area contributed by atoms with Gasteiger partial charge in [0, 0.05) is 202 Å². The van der Waals surface area contributed by atoms with Crippen molar-refractivity contribution >= 4 is 87.7 Å².